The number of carboxylic acid groups (broad SMARTS) is 1. The van der Waals surface area contributed by atoms with Crippen LogP contribution in [0.5, 0.6) is 0 Å². The van der Waals surface area contributed by atoms with E-state index in [1.807, 2.05) is 13.0 Å². The van der Waals surface area contributed by atoms with Crippen molar-refractivity contribution in [3.63, 3.8) is 0 Å². The number of fused-ring (bicyclic) bond motifs is 5. The molecule has 1 amide bonds. The molecule has 0 spiro atoms. The molecule has 9 nitrogen and oxygen atoms in total. The van der Waals surface area contributed by atoms with E-state index in [4.69, 9.17) is 4.74 Å². The first-order valence-corrected chi connectivity index (χ1v) is 14.6. The molecule has 3 saturated carbocycles. The fraction of sp³-hybridized carbons (Fsp3) is 0.767. The fourth-order valence-corrected chi connectivity index (χ4v) is 9.05. The van der Waals surface area contributed by atoms with E-state index in [1.54, 1.807) is 0 Å². The molecule has 4 fully saturated rings. The highest BCUT2D eigenvalue weighted by molar-refractivity contribution is 5.92. The van der Waals surface area contributed by atoms with E-state index in [9.17, 15) is 34.2 Å². The smallest absolute Gasteiger partial charge is 0.326 e. The molecule has 5 aliphatic rings. The van der Waals surface area contributed by atoms with Gasteiger partial charge in [0, 0.05) is 24.8 Å². The summed E-state index contributed by atoms with van der Waals surface area (Å²) in [6, 6.07) is -0.856. The van der Waals surface area contributed by atoms with Crippen LogP contribution in [0, 0.1) is 28.6 Å². The third-order valence-corrected chi connectivity index (χ3v) is 11.3. The minimum absolute atomic E-state index is 0.00931. The molecular formula is C30H41NO8. The van der Waals surface area contributed by atoms with Crippen LogP contribution in [0.15, 0.2) is 11.6 Å². The van der Waals surface area contributed by atoms with Gasteiger partial charge in [0.25, 0.3) is 0 Å². The van der Waals surface area contributed by atoms with E-state index < -0.39 is 47.3 Å². The number of carbonyl (C=O) groups is 5. The molecule has 4 unspecified atom stereocenters. The van der Waals surface area contributed by atoms with Crippen molar-refractivity contribution < 1.29 is 38.9 Å². The van der Waals surface area contributed by atoms with Crippen LogP contribution in [0.1, 0.15) is 90.9 Å². The molecule has 9 heteroatoms. The number of Topliss-reactive ketones (excluding diaryl/α,β-unsaturated/α-hetero) is 1. The molecule has 0 aromatic rings. The number of ether oxygens (including phenoxy) is 1. The van der Waals surface area contributed by atoms with Crippen LogP contribution in [0.25, 0.3) is 0 Å². The van der Waals surface area contributed by atoms with Gasteiger partial charge in [0.1, 0.15) is 11.6 Å². The zero-order chi connectivity index (χ0) is 28.2. The standard InChI is InChI=1S/C30H41NO8/c1-28-12-9-19(32)16-18(28)5-6-20-21(28)10-13-29(2)22(20)11-14-30(29,38)24(33)17-39-26(35)8-7-25(34)31-15-3-4-23(31)27(36)37/h16,20-23,38H,3-15,17H2,1-2H3,(H,36,37)/t20?,21?,22?,23?,28-,29-,30-/m0/s1. The fourth-order valence-electron chi connectivity index (χ4n) is 9.05. The zero-order valence-corrected chi connectivity index (χ0v) is 23.1. The van der Waals surface area contributed by atoms with Crippen LogP contribution in [0.2, 0.25) is 0 Å². The number of aliphatic hydroxyl groups is 1. The van der Waals surface area contributed by atoms with Gasteiger partial charge in [-0.25, -0.2) is 4.79 Å². The summed E-state index contributed by atoms with van der Waals surface area (Å²) in [6.07, 6.45) is 8.48. The van der Waals surface area contributed by atoms with Crippen molar-refractivity contribution in [3.05, 3.63) is 11.6 Å². The second-order valence-electron chi connectivity index (χ2n) is 13.0. The Balaban J connectivity index is 1.18. The number of hydrogen-bond acceptors (Lipinski definition) is 7. The Morgan fingerprint density at radius 2 is 1.74 bits per heavy atom. The normalized spacial score (nSPS) is 39.3. The van der Waals surface area contributed by atoms with Crippen molar-refractivity contribution in [2.45, 2.75) is 103 Å². The summed E-state index contributed by atoms with van der Waals surface area (Å²) in [5, 5.41) is 21.0. The van der Waals surface area contributed by atoms with Crippen molar-refractivity contribution in [2.24, 2.45) is 28.6 Å². The van der Waals surface area contributed by atoms with Crippen LogP contribution in [-0.2, 0) is 28.7 Å². The van der Waals surface area contributed by atoms with Crippen molar-refractivity contribution in [3.8, 4) is 0 Å². The van der Waals surface area contributed by atoms with Gasteiger partial charge in [0.15, 0.2) is 12.4 Å². The number of allylic oxidation sites excluding steroid dienone is 1. The summed E-state index contributed by atoms with van der Waals surface area (Å²) in [5.74, 6) is -1.41. The molecule has 5 rings (SSSR count). The minimum atomic E-state index is -1.57. The third kappa shape index (κ3) is 4.54. The van der Waals surface area contributed by atoms with E-state index in [1.165, 1.54) is 10.5 Å². The summed E-state index contributed by atoms with van der Waals surface area (Å²) < 4.78 is 5.22. The molecule has 0 bridgehead atoms. The van der Waals surface area contributed by atoms with Crippen LogP contribution in [-0.4, -0.2) is 69.3 Å². The highest BCUT2D eigenvalue weighted by atomic mass is 16.5. The average molecular weight is 544 g/mol. The lowest BCUT2D eigenvalue weighted by atomic mass is 9.46. The van der Waals surface area contributed by atoms with E-state index in [0.717, 1.165) is 32.1 Å². The lowest BCUT2D eigenvalue weighted by molar-refractivity contribution is -0.170. The Hall–Kier alpha value is -2.55. The van der Waals surface area contributed by atoms with Crippen LogP contribution in [0.4, 0.5) is 0 Å². The quantitative estimate of drug-likeness (QED) is 0.467. The molecule has 7 atom stereocenters. The number of ketones is 2. The molecule has 1 saturated heterocycles. The van der Waals surface area contributed by atoms with Gasteiger partial charge in [-0.1, -0.05) is 19.4 Å². The Bertz CT molecular complexity index is 1110. The van der Waals surface area contributed by atoms with E-state index >= 15 is 0 Å². The highest BCUT2D eigenvalue weighted by Gasteiger charge is 2.66. The minimum Gasteiger partial charge on any atom is -0.480 e. The first kappa shape index (κ1) is 28.0. The second-order valence-corrected chi connectivity index (χ2v) is 13.0. The summed E-state index contributed by atoms with van der Waals surface area (Å²) in [5.41, 5.74) is -0.878. The van der Waals surface area contributed by atoms with Crippen LogP contribution >= 0.6 is 0 Å². The Morgan fingerprint density at radius 1 is 1.00 bits per heavy atom. The second kappa shape index (κ2) is 10.1. The van der Waals surface area contributed by atoms with Crippen molar-refractivity contribution in [1.82, 2.24) is 4.90 Å². The predicted octanol–water partition coefficient (Wildman–Crippen LogP) is 3.22. The molecule has 0 radical (unpaired) electrons. The first-order valence-electron chi connectivity index (χ1n) is 14.6. The first-order chi connectivity index (χ1) is 18.4. The Labute approximate surface area is 229 Å². The van der Waals surface area contributed by atoms with Gasteiger partial charge in [-0.15, -0.1) is 0 Å². The topological polar surface area (TPSA) is 138 Å². The molecule has 39 heavy (non-hydrogen) atoms. The van der Waals surface area contributed by atoms with E-state index in [-0.39, 0.29) is 30.0 Å². The number of likely N-dealkylation sites (tertiary alicyclic amines) is 1. The lowest BCUT2D eigenvalue weighted by Crippen LogP contribution is -2.58. The lowest BCUT2D eigenvalue weighted by Gasteiger charge is -2.58. The molecule has 1 aliphatic heterocycles. The molecular weight excluding hydrogens is 502 g/mol. The van der Waals surface area contributed by atoms with Gasteiger partial charge in [-0.2, -0.15) is 0 Å². The summed E-state index contributed by atoms with van der Waals surface area (Å²) in [4.78, 5) is 62.9. The van der Waals surface area contributed by atoms with Gasteiger partial charge in [0.05, 0.1) is 6.42 Å². The number of aliphatic carboxylic acids is 1. The van der Waals surface area contributed by atoms with Crippen molar-refractivity contribution >= 4 is 29.4 Å². The molecule has 0 aromatic carbocycles. The van der Waals surface area contributed by atoms with Crippen LogP contribution < -0.4 is 0 Å². The van der Waals surface area contributed by atoms with Gasteiger partial charge in [-0.3, -0.25) is 19.2 Å². The number of amides is 1. The van der Waals surface area contributed by atoms with Crippen LogP contribution in [0.3, 0.4) is 0 Å². The highest BCUT2D eigenvalue weighted by Crippen LogP contribution is 2.67. The maximum Gasteiger partial charge on any atom is 0.326 e. The Morgan fingerprint density at radius 3 is 2.49 bits per heavy atom. The van der Waals surface area contributed by atoms with Gasteiger partial charge in [-0.05, 0) is 87.0 Å². The van der Waals surface area contributed by atoms with Crippen molar-refractivity contribution in [2.75, 3.05) is 13.2 Å². The number of esters is 1. The molecule has 0 aromatic heterocycles. The third-order valence-electron chi connectivity index (χ3n) is 11.3. The van der Waals surface area contributed by atoms with Gasteiger partial charge >= 0.3 is 11.9 Å². The monoisotopic (exact) mass is 543 g/mol. The summed E-state index contributed by atoms with van der Waals surface area (Å²) >= 11 is 0. The molecule has 1 heterocycles. The summed E-state index contributed by atoms with van der Waals surface area (Å²) in [7, 11) is 0. The number of rotatable bonds is 7. The zero-order valence-electron chi connectivity index (χ0n) is 23.1. The van der Waals surface area contributed by atoms with Gasteiger partial charge in [0.2, 0.25) is 11.7 Å². The maximum atomic E-state index is 13.4. The van der Waals surface area contributed by atoms with E-state index in [0.29, 0.717) is 50.5 Å². The van der Waals surface area contributed by atoms with Crippen molar-refractivity contribution in [1.29, 1.82) is 0 Å². The maximum absolute atomic E-state index is 13.4. The van der Waals surface area contributed by atoms with E-state index in [2.05, 4.69) is 6.92 Å². The largest absolute Gasteiger partial charge is 0.480 e. The molecule has 214 valence electrons. The SMILES string of the molecule is C[C@]12CCC(=O)C=C1CCC1C2CC[C@@]2(C)C1CC[C@]2(O)C(=O)COC(=O)CCC(=O)N1CCCC1C(=O)O. The predicted molar refractivity (Wildman–Crippen MR) is 139 cm³/mol. The number of carboxylic acids is 1. The van der Waals surface area contributed by atoms with Gasteiger partial charge < -0.3 is 19.8 Å². The summed E-state index contributed by atoms with van der Waals surface area (Å²) in [6.45, 7) is 4.14. The average Bonchev–Trinajstić information content (AvgIpc) is 3.50. The number of carbonyl (C=O) groups excluding carboxylic acids is 4. The molecule has 2 N–H and O–H groups in total. The molecule has 4 aliphatic carbocycles. The Kier molecular flexibility index (Phi) is 7.27. The number of hydrogen-bond donors (Lipinski definition) is 2. The number of nitrogens with zero attached hydrogens (tertiary/aromatic N) is 1.